The molecule has 1 saturated carbocycles. The SMILES string of the molecule is Cc1ccnc(Oc2ccc(-c3c(-c4ccc(NC(=O)C(=CC(=O)OC(C)(C)C)[C@H]5C[C@@H]5F)cc4Cl)n(C)c4ncnc(N)c34)cc2F)n1. The second-order valence-electron chi connectivity index (χ2n) is 12.6. The fourth-order valence-electron chi connectivity index (χ4n) is 5.46. The second-order valence-corrected chi connectivity index (χ2v) is 13.0. The molecule has 1 aliphatic carbocycles. The van der Waals surface area contributed by atoms with Crippen LogP contribution in [0.4, 0.5) is 20.3 Å². The highest BCUT2D eigenvalue weighted by Gasteiger charge is 2.43. The second kappa shape index (κ2) is 12.9. The zero-order chi connectivity index (χ0) is 35.2. The minimum Gasteiger partial charge on any atom is -0.457 e. The summed E-state index contributed by atoms with van der Waals surface area (Å²) >= 11 is 6.85. The molecule has 3 aromatic heterocycles. The lowest BCUT2D eigenvalue weighted by Gasteiger charge is -2.18. The fourth-order valence-corrected chi connectivity index (χ4v) is 5.73. The van der Waals surface area contributed by atoms with E-state index in [-0.39, 0.29) is 34.6 Å². The van der Waals surface area contributed by atoms with Crippen molar-refractivity contribution in [1.82, 2.24) is 24.5 Å². The summed E-state index contributed by atoms with van der Waals surface area (Å²) in [4.78, 5) is 42.5. The highest BCUT2D eigenvalue weighted by atomic mass is 35.5. The van der Waals surface area contributed by atoms with Gasteiger partial charge in [-0.2, -0.15) is 0 Å². The van der Waals surface area contributed by atoms with Crippen LogP contribution in [0, 0.1) is 18.7 Å². The van der Waals surface area contributed by atoms with E-state index >= 15 is 4.39 Å². The van der Waals surface area contributed by atoms with Crippen LogP contribution in [0.5, 0.6) is 11.8 Å². The third-order valence-corrected chi connectivity index (χ3v) is 8.04. The molecule has 6 rings (SSSR count). The van der Waals surface area contributed by atoms with Crippen LogP contribution < -0.4 is 15.8 Å². The number of nitrogens with zero attached hydrogens (tertiary/aromatic N) is 5. The third kappa shape index (κ3) is 7.07. The standard InChI is InChI=1S/C35H32ClF2N7O4/c1-17-10-11-40-34(43-17)48-26-9-6-18(12-25(26)38)28-29-31(39)41-16-42-32(29)45(5)30(28)20-8-7-19(13-23(20)36)44-33(47)22(21-14-24(21)37)15-27(46)49-35(2,3)4/h6-13,15-16,21,24H,14H2,1-5H3,(H,44,47)(H2,39,41,42)/t21-,24+/m1/s1. The molecule has 0 spiro atoms. The Morgan fingerprint density at radius 3 is 2.53 bits per heavy atom. The zero-order valence-electron chi connectivity index (χ0n) is 27.2. The number of rotatable bonds is 8. The van der Waals surface area contributed by atoms with Gasteiger partial charge in [0.1, 0.15) is 29.6 Å². The Morgan fingerprint density at radius 2 is 1.88 bits per heavy atom. The zero-order valence-corrected chi connectivity index (χ0v) is 28.0. The molecule has 1 amide bonds. The van der Waals surface area contributed by atoms with Crippen molar-refractivity contribution in [2.45, 2.75) is 45.9 Å². The van der Waals surface area contributed by atoms with Gasteiger partial charge < -0.3 is 25.1 Å². The van der Waals surface area contributed by atoms with Crippen molar-refractivity contribution >= 4 is 46.0 Å². The maximum atomic E-state index is 15.6. The van der Waals surface area contributed by atoms with Crippen LogP contribution in [0.3, 0.4) is 0 Å². The predicted octanol–water partition coefficient (Wildman–Crippen LogP) is 7.13. The number of anilines is 2. The van der Waals surface area contributed by atoms with Crippen molar-refractivity contribution in [1.29, 1.82) is 0 Å². The normalized spacial score (nSPS) is 16.0. The van der Waals surface area contributed by atoms with Crippen molar-refractivity contribution in [3.8, 4) is 34.1 Å². The van der Waals surface area contributed by atoms with Crippen molar-refractivity contribution in [3.05, 3.63) is 83.2 Å². The lowest BCUT2D eigenvalue weighted by molar-refractivity contribution is -0.148. The van der Waals surface area contributed by atoms with Crippen LogP contribution in [-0.4, -0.2) is 48.2 Å². The minimum atomic E-state index is -1.23. The molecular formula is C35H32ClF2N7O4. The van der Waals surface area contributed by atoms with Gasteiger partial charge in [-0.25, -0.2) is 33.5 Å². The van der Waals surface area contributed by atoms with Gasteiger partial charge in [-0.15, -0.1) is 0 Å². The molecule has 0 unspecified atom stereocenters. The number of aryl methyl sites for hydroxylation is 2. The summed E-state index contributed by atoms with van der Waals surface area (Å²) in [5, 5.41) is 3.42. The van der Waals surface area contributed by atoms with Gasteiger partial charge in [0.05, 0.1) is 16.1 Å². The van der Waals surface area contributed by atoms with Crippen LogP contribution in [-0.2, 0) is 21.4 Å². The first kappa shape index (κ1) is 33.5. The van der Waals surface area contributed by atoms with Crippen LogP contribution >= 0.6 is 11.6 Å². The number of fused-ring (bicyclic) bond motifs is 1. The summed E-state index contributed by atoms with van der Waals surface area (Å²) < 4.78 is 42.3. The number of halogens is 3. The number of ether oxygens (including phenoxy) is 2. The highest BCUT2D eigenvalue weighted by Crippen LogP contribution is 2.45. The van der Waals surface area contributed by atoms with E-state index in [1.807, 2.05) is 0 Å². The smallest absolute Gasteiger partial charge is 0.331 e. The summed E-state index contributed by atoms with van der Waals surface area (Å²) in [5.74, 6) is -2.69. The molecule has 3 N–H and O–H groups in total. The summed E-state index contributed by atoms with van der Waals surface area (Å²) in [6, 6.07) is 10.9. The average molecular weight is 688 g/mol. The summed E-state index contributed by atoms with van der Waals surface area (Å²) in [6.45, 7) is 6.85. The molecule has 1 fully saturated rings. The number of nitrogens with two attached hydrogens (primary N) is 1. The molecule has 0 saturated heterocycles. The Bertz CT molecular complexity index is 2160. The summed E-state index contributed by atoms with van der Waals surface area (Å²) in [7, 11) is 1.76. The predicted molar refractivity (Wildman–Crippen MR) is 181 cm³/mol. The quantitative estimate of drug-likeness (QED) is 0.128. The molecule has 2 atom stereocenters. The Morgan fingerprint density at radius 1 is 1.12 bits per heavy atom. The number of carbonyl (C=O) groups excluding carboxylic acids is 2. The Balaban J connectivity index is 1.36. The molecule has 0 aliphatic heterocycles. The Labute approximate surface area is 285 Å². The van der Waals surface area contributed by atoms with Crippen LogP contribution in [0.1, 0.15) is 32.9 Å². The molecule has 11 nitrogen and oxygen atoms in total. The molecule has 49 heavy (non-hydrogen) atoms. The van der Waals surface area contributed by atoms with E-state index in [0.29, 0.717) is 44.8 Å². The Hall–Kier alpha value is -5.43. The molecule has 5 aromatic rings. The number of hydrogen-bond donors (Lipinski definition) is 2. The summed E-state index contributed by atoms with van der Waals surface area (Å²) in [6.07, 6.45) is 2.78. The minimum absolute atomic E-state index is 0.00296. The van der Waals surface area contributed by atoms with E-state index in [1.54, 1.807) is 63.6 Å². The molecular weight excluding hydrogens is 656 g/mol. The number of hydrogen-bond acceptors (Lipinski definition) is 9. The number of esters is 1. The van der Waals surface area contributed by atoms with Crippen molar-refractivity contribution < 1.29 is 27.8 Å². The molecule has 2 aromatic carbocycles. The topological polar surface area (TPSA) is 147 Å². The number of amides is 1. The first-order valence-corrected chi connectivity index (χ1v) is 15.6. The van der Waals surface area contributed by atoms with Crippen molar-refractivity contribution in [2.24, 2.45) is 13.0 Å². The van der Waals surface area contributed by atoms with E-state index in [4.69, 9.17) is 26.8 Å². The van der Waals surface area contributed by atoms with Crippen LogP contribution in [0.15, 0.2) is 66.6 Å². The number of alkyl halides is 1. The largest absolute Gasteiger partial charge is 0.457 e. The number of benzene rings is 2. The number of carbonyl (C=O) groups is 2. The first-order valence-electron chi connectivity index (χ1n) is 15.3. The van der Waals surface area contributed by atoms with Crippen LogP contribution in [0.25, 0.3) is 33.4 Å². The number of nitrogens with one attached hydrogen (secondary N) is 1. The Kier molecular flexibility index (Phi) is 8.80. The van der Waals surface area contributed by atoms with E-state index < -0.39 is 35.4 Å². The van der Waals surface area contributed by atoms with E-state index in [9.17, 15) is 14.0 Å². The maximum Gasteiger partial charge on any atom is 0.331 e. The van der Waals surface area contributed by atoms with E-state index in [1.165, 1.54) is 30.7 Å². The van der Waals surface area contributed by atoms with Gasteiger partial charge in [0.2, 0.25) is 0 Å². The van der Waals surface area contributed by atoms with Gasteiger partial charge in [-0.3, -0.25) is 4.79 Å². The molecule has 3 heterocycles. The molecule has 14 heteroatoms. The van der Waals surface area contributed by atoms with Gasteiger partial charge in [-0.05, 0) is 76.1 Å². The fraction of sp³-hybridized carbons (Fsp3) is 0.257. The lowest BCUT2D eigenvalue weighted by atomic mass is 9.98. The van der Waals surface area contributed by atoms with Gasteiger partial charge in [-0.1, -0.05) is 17.7 Å². The molecule has 0 radical (unpaired) electrons. The maximum absolute atomic E-state index is 15.6. The lowest BCUT2D eigenvalue weighted by Crippen LogP contribution is -2.24. The van der Waals surface area contributed by atoms with E-state index in [0.717, 1.165) is 6.08 Å². The van der Waals surface area contributed by atoms with Gasteiger partial charge in [0.15, 0.2) is 11.6 Å². The van der Waals surface area contributed by atoms with Gasteiger partial charge in [0, 0.05) is 53.3 Å². The molecule has 252 valence electrons. The molecule has 0 bridgehead atoms. The van der Waals surface area contributed by atoms with E-state index in [2.05, 4.69) is 25.3 Å². The average Bonchev–Trinajstić information content (AvgIpc) is 3.66. The monoisotopic (exact) mass is 687 g/mol. The summed E-state index contributed by atoms with van der Waals surface area (Å²) in [5.41, 5.74) is 8.99. The third-order valence-electron chi connectivity index (χ3n) is 7.73. The van der Waals surface area contributed by atoms with Crippen LogP contribution in [0.2, 0.25) is 5.02 Å². The first-order chi connectivity index (χ1) is 23.2. The number of aromatic nitrogens is 5. The number of nitrogen functional groups attached to an aromatic ring is 1. The van der Waals surface area contributed by atoms with Gasteiger partial charge in [0.25, 0.3) is 5.91 Å². The van der Waals surface area contributed by atoms with Crippen molar-refractivity contribution in [2.75, 3.05) is 11.1 Å². The molecule has 1 aliphatic rings. The van der Waals surface area contributed by atoms with Crippen molar-refractivity contribution in [3.63, 3.8) is 0 Å². The highest BCUT2D eigenvalue weighted by molar-refractivity contribution is 6.34. The van der Waals surface area contributed by atoms with Gasteiger partial charge >= 0.3 is 12.0 Å².